The first-order valence-corrected chi connectivity index (χ1v) is 7.38. The Balaban J connectivity index is 1.97. The Labute approximate surface area is 113 Å². The molecule has 19 heavy (non-hydrogen) atoms. The van der Waals surface area contributed by atoms with Crippen LogP contribution in [0.3, 0.4) is 0 Å². The fourth-order valence-electron chi connectivity index (χ4n) is 5.80. The third kappa shape index (κ3) is 0.993. The molecule has 2 heterocycles. The van der Waals surface area contributed by atoms with Crippen LogP contribution in [0, 0.1) is 22.7 Å². The lowest BCUT2D eigenvalue weighted by Gasteiger charge is -2.57. The van der Waals surface area contributed by atoms with Crippen LogP contribution in [0.1, 0.15) is 46.5 Å². The maximum atomic E-state index is 12.0. The monoisotopic (exact) mass is 266 g/mol. The van der Waals surface area contributed by atoms with Gasteiger partial charge in [-0.1, -0.05) is 20.8 Å². The highest BCUT2D eigenvalue weighted by Crippen LogP contribution is 2.75. The van der Waals surface area contributed by atoms with Gasteiger partial charge in [0, 0.05) is 23.2 Å². The summed E-state index contributed by atoms with van der Waals surface area (Å²) in [4.78, 5) is 12.0. The fraction of sp³-hybridized carbons (Fsp3) is 0.933. The van der Waals surface area contributed by atoms with Crippen molar-refractivity contribution in [3.63, 3.8) is 0 Å². The summed E-state index contributed by atoms with van der Waals surface area (Å²) in [6, 6.07) is 0. The molecule has 0 aromatic carbocycles. The molecule has 0 spiro atoms. The van der Waals surface area contributed by atoms with Gasteiger partial charge in [0.05, 0.1) is 13.0 Å². The molecule has 0 unspecified atom stereocenters. The number of rotatable bonds is 0. The van der Waals surface area contributed by atoms with Gasteiger partial charge < -0.3 is 14.6 Å². The van der Waals surface area contributed by atoms with Gasteiger partial charge in [0.25, 0.3) is 0 Å². The van der Waals surface area contributed by atoms with Gasteiger partial charge in [-0.2, -0.15) is 0 Å². The summed E-state index contributed by atoms with van der Waals surface area (Å²) in [5.74, 6) is -0.760. The van der Waals surface area contributed by atoms with Crippen molar-refractivity contribution in [2.24, 2.45) is 22.7 Å². The highest BCUT2D eigenvalue weighted by molar-refractivity contribution is 5.75. The second kappa shape index (κ2) is 3.01. The molecule has 2 aliphatic heterocycles. The molecule has 106 valence electrons. The van der Waals surface area contributed by atoms with E-state index in [0.29, 0.717) is 25.4 Å². The van der Waals surface area contributed by atoms with E-state index in [1.54, 1.807) is 0 Å². The van der Waals surface area contributed by atoms with Gasteiger partial charge in [-0.3, -0.25) is 4.79 Å². The van der Waals surface area contributed by atoms with E-state index in [2.05, 4.69) is 13.8 Å². The van der Waals surface area contributed by atoms with Crippen molar-refractivity contribution in [2.75, 3.05) is 6.61 Å². The minimum absolute atomic E-state index is 0.00400. The van der Waals surface area contributed by atoms with Crippen molar-refractivity contribution in [3.8, 4) is 0 Å². The van der Waals surface area contributed by atoms with Crippen LogP contribution in [-0.2, 0) is 14.3 Å². The smallest absolute Gasteiger partial charge is 0.307 e. The van der Waals surface area contributed by atoms with E-state index in [-0.39, 0.29) is 22.7 Å². The number of carbonyl (C=O) groups excluding carboxylic acids is 1. The van der Waals surface area contributed by atoms with Gasteiger partial charge in [-0.05, 0) is 18.8 Å². The van der Waals surface area contributed by atoms with Crippen molar-refractivity contribution in [1.82, 2.24) is 0 Å². The molecule has 0 aromatic heterocycles. The second-order valence-electron chi connectivity index (χ2n) is 7.52. The van der Waals surface area contributed by atoms with E-state index in [1.807, 2.05) is 6.92 Å². The zero-order valence-electron chi connectivity index (χ0n) is 11.9. The topological polar surface area (TPSA) is 55.8 Å². The molecule has 4 rings (SSSR count). The zero-order valence-corrected chi connectivity index (χ0v) is 11.9. The van der Waals surface area contributed by atoms with Crippen LogP contribution >= 0.6 is 0 Å². The van der Waals surface area contributed by atoms with Gasteiger partial charge in [-0.15, -0.1) is 0 Å². The third-order valence-corrected chi connectivity index (χ3v) is 7.17. The average molecular weight is 266 g/mol. The Kier molecular flexibility index (Phi) is 1.93. The third-order valence-electron chi connectivity index (χ3n) is 7.17. The molecule has 6 atom stereocenters. The molecular weight excluding hydrogens is 244 g/mol. The molecule has 2 bridgehead atoms. The highest BCUT2D eigenvalue weighted by atomic mass is 16.6. The van der Waals surface area contributed by atoms with Crippen molar-refractivity contribution in [2.45, 2.75) is 57.8 Å². The molecule has 2 aliphatic carbocycles. The van der Waals surface area contributed by atoms with Gasteiger partial charge in [0.15, 0.2) is 5.79 Å². The zero-order chi connectivity index (χ0) is 13.7. The van der Waals surface area contributed by atoms with Gasteiger partial charge in [0.2, 0.25) is 0 Å². The molecule has 2 saturated heterocycles. The normalized spacial score (nSPS) is 62.8. The lowest BCUT2D eigenvalue weighted by molar-refractivity contribution is -0.257. The van der Waals surface area contributed by atoms with Crippen molar-refractivity contribution < 1.29 is 19.4 Å². The largest absolute Gasteiger partial charge is 0.458 e. The van der Waals surface area contributed by atoms with Gasteiger partial charge in [0.1, 0.15) is 5.60 Å². The summed E-state index contributed by atoms with van der Waals surface area (Å²) in [6.45, 7) is 6.87. The van der Waals surface area contributed by atoms with Crippen LogP contribution in [0.2, 0.25) is 0 Å². The van der Waals surface area contributed by atoms with Crippen LogP contribution in [0.4, 0.5) is 0 Å². The van der Waals surface area contributed by atoms with Gasteiger partial charge >= 0.3 is 5.97 Å². The number of hydrogen-bond donors (Lipinski definition) is 1. The molecule has 4 aliphatic rings. The first kappa shape index (κ1) is 12.2. The number of carbonyl (C=O) groups is 1. The van der Waals surface area contributed by atoms with Gasteiger partial charge in [-0.25, -0.2) is 0 Å². The second-order valence-corrected chi connectivity index (χ2v) is 7.52. The number of hydrogen-bond acceptors (Lipinski definition) is 4. The Morgan fingerprint density at radius 2 is 2.11 bits per heavy atom. The minimum Gasteiger partial charge on any atom is -0.458 e. The van der Waals surface area contributed by atoms with Crippen LogP contribution in [0.5, 0.6) is 0 Å². The molecule has 0 amide bonds. The van der Waals surface area contributed by atoms with Crippen molar-refractivity contribution in [1.29, 1.82) is 0 Å². The standard InChI is InChI=1S/C15H22O4/c1-9-4-5-15-12(3)8-18-14(17,10(12)2)7-13(9,15)6-11(16)19-15/h9-10,17H,4-8H2,1-3H3/t9-,10-,12-,13+,14-,15-/m1/s1. The summed E-state index contributed by atoms with van der Waals surface area (Å²) in [5.41, 5.74) is -0.911. The summed E-state index contributed by atoms with van der Waals surface area (Å²) in [5, 5.41) is 10.9. The molecule has 4 fully saturated rings. The number of ether oxygens (including phenoxy) is 2. The number of aliphatic hydroxyl groups is 1. The first-order chi connectivity index (χ1) is 8.80. The SMILES string of the molecule is C[C@@H]1CC[C@]23OC(=O)C[C@]12C[C@@]1(O)OC[C@]3(C)[C@H]1C. The van der Waals surface area contributed by atoms with Crippen LogP contribution in [0.25, 0.3) is 0 Å². The minimum atomic E-state index is -1.08. The molecule has 0 radical (unpaired) electrons. The Hall–Kier alpha value is -0.610. The van der Waals surface area contributed by atoms with Crippen LogP contribution in [-0.4, -0.2) is 29.1 Å². The van der Waals surface area contributed by atoms with E-state index in [9.17, 15) is 9.90 Å². The van der Waals surface area contributed by atoms with Crippen LogP contribution in [0.15, 0.2) is 0 Å². The summed E-state index contributed by atoms with van der Waals surface area (Å²) < 4.78 is 11.7. The summed E-state index contributed by atoms with van der Waals surface area (Å²) in [7, 11) is 0. The Morgan fingerprint density at radius 1 is 1.37 bits per heavy atom. The van der Waals surface area contributed by atoms with E-state index >= 15 is 0 Å². The van der Waals surface area contributed by atoms with E-state index in [1.165, 1.54) is 0 Å². The molecule has 0 aromatic rings. The number of fused-ring (bicyclic) bond motifs is 2. The lowest BCUT2D eigenvalue weighted by atomic mass is 9.48. The maximum absolute atomic E-state index is 12.0. The summed E-state index contributed by atoms with van der Waals surface area (Å²) >= 11 is 0. The number of esters is 1. The van der Waals surface area contributed by atoms with E-state index in [4.69, 9.17) is 9.47 Å². The lowest BCUT2D eigenvalue weighted by Crippen LogP contribution is -2.64. The predicted octanol–water partition coefficient (Wildman–Crippen LogP) is 1.85. The fourth-order valence-corrected chi connectivity index (χ4v) is 5.80. The Bertz CT molecular complexity index is 477. The van der Waals surface area contributed by atoms with Crippen molar-refractivity contribution >= 4 is 5.97 Å². The molecule has 4 nitrogen and oxygen atoms in total. The maximum Gasteiger partial charge on any atom is 0.307 e. The van der Waals surface area contributed by atoms with E-state index in [0.717, 1.165) is 12.8 Å². The molecule has 4 heteroatoms. The van der Waals surface area contributed by atoms with Crippen LogP contribution < -0.4 is 0 Å². The predicted molar refractivity (Wildman–Crippen MR) is 67.1 cm³/mol. The van der Waals surface area contributed by atoms with Crippen molar-refractivity contribution in [3.05, 3.63) is 0 Å². The first-order valence-electron chi connectivity index (χ1n) is 7.38. The molecular formula is C15H22O4. The van der Waals surface area contributed by atoms with E-state index < -0.39 is 11.4 Å². The quantitative estimate of drug-likeness (QED) is 0.680. The molecule has 1 N–H and O–H groups in total. The Morgan fingerprint density at radius 3 is 2.84 bits per heavy atom. The summed E-state index contributed by atoms with van der Waals surface area (Å²) in [6.07, 6.45) is 2.98. The average Bonchev–Trinajstić information content (AvgIpc) is 2.84. The highest BCUT2D eigenvalue weighted by Gasteiger charge is 2.82. The molecule has 2 saturated carbocycles.